The Balaban J connectivity index is 1.46. The molecule has 0 aromatic heterocycles. The van der Waals surface area contributed by atoms with Gasteiger partial charge in [-0.15, -0.1) is 0 Å². The predicted molar refractivity (Wildman–Crippen MR) is 79.7 cm³/mol. The first-order valence-corrected chi connectivity index (χ1v) is 7.60. The van der Waals surface area contributed by atoms with Crippen LogP contribution in [0.4, 0.5) is 0 Å². The van der Waals surface area contributed by atoms with Crippen molar-refractivity contribution in [2.24, 2.45) is 17.8 Å². The second-order valence-electron chi connectivity index (χ2n) is 6.18. The molecule has 2 aliphatic rings. The van der Waals surface area contributed by atoms with E-state index in [2.05, 4.69) is 36.2 Å². The lowest BCUT2D eigenvalue weighted by Gasteiger charge is -2.28. The summed E-state index contributed by atoms with van der Waals surface area (Å²) in [7, 11) is 0. The Hall–Kier alpha value is -1.26. The molecule has 2 fully saturated rings. The fraction of sp³-hybridized carbons (Fsp3) is 0.556. The van der Waals surface area contributed by atoms with Crippen molar-refractivity contribution in [3.05, 3.63) is 35.9 Å². The van der Waals surface area contributed by atoms with Crippen LogP contribution in [0.3, 0.4) is 0 Å². The van der Waals surface area contributed by atoms with E-state index in [1.54, 1.807) is 0 Å². The van der Waals surface area contributed by atoms with Gasteiger partial charge in [0.1, 0.15) is 0 Å². The van der Waals surface area contributed by atoms with Crippen molar-refractivity contribution in [1.29, 1.82) is 0 Å². The van der Waals surface area contributed by atoms with Gasteiger partial charge in [0.05, 0.1) is 6.54 Å². The summed E-state index contributed by atoms with van der Waals surface area (Å²) in [5.74, 6) is 9.38. The van der Waals surface area contributed by atoms with Crippen LogP contribution < -0.4 is 5.32 Å². The van der Waals surface area contributed by atoms with Crippen LogP contribution >= 0.6 is 0 Å². The SMILES string of the molecule is CC(NCC#Cc1ccccc1)C1CC2CCC1C2. The van der Waals surface area contributed by atoms with Gasteiger partial charge in [0.15, 0.2) is 0 Å². The van der Waals surface area contributed by atoms with E-state index in [0.29, 0.717) is 6.04 Å². The summed E-state index contributed by atoms with van der Waals surface area (Å²) in [5.41, 5.74) is 1.11. The molecule has 0 saturated heterocycles. The highest BCUT2D eigenvalue weighted by atomic mass is 14.9. The normalized spacial score (nSPS) is 29.8. The smallest absolute Gasteiger partial charge is 0.0582 e. The summed E-state index contributed by atoms with van der Waals surface area (Å²) < 4.78 is 0. The molecule has 3 rings (SSSR count). The third kappa shape index (κ3) is 3.01. The summed E-state index contributed by atoms with van der Waals surface area (Å²) in [6.07, 6.45) is 5.90. The summed E-state index contributed by atoms with van der Waals surface area (Å²) in [4.78, 5) is 0. The zero-order chi connectivity index (χ0) is 13.1. The van der Waals surface area contributed by atoms with Crippen LogP contribution in [0.1, 0.15) is 38.2 Å². The van der Waals surface area contributed by atoms with E-state index in [-0.39, 0.29) is 0 Å². The van der Waals surface area contributed by atoms with Crippen molar-refractivity contribution in [2.75, 3.05) is 6.54 Å². The second-order valence-corrected chi connectivity index (χ2v) is 6.18. The molecule has 2 bridgehead atoms. The molecule has 19 heavy (non-hydrogen) atoms. The van der Waals surface area contributed by atoms with E-state index in [1.165, 1.54) is 25.7 Å². The van der Waals surface area contributed by atoms with Crippen molar-refractivity contribution in [1.82, 2.24) is 5.32 Å². The van der Waals surface area contributed by atoms with Crippen LogP contribution in [0.15, 0.2) is 30.3 Å². The molecule has 2 aliphatic carbocycles. The predicted octanol–water partition coefficient (Wildman–Crippen LogP) is 3.45. The lowest BCUT2D eigenvalue weighted by Crippen LogP contribution is -2.36. The van der Waals surface area contributed by atoms with Gasteiger partial charge in [-0.2, -0.15) is 0 Å². The van der Waals surface area contributed by atoms with Gasteiger partial charge in [-0.05, 0) is 56.1 Å². The maximum atomic E-state index is 3.61. The fourth-order valence-corrected chi connectivity index (χ4v) is 3.94. The van der Waals surface area contributed by atoms with Crippen LogP contribution in [0, 0.1) is 29.6 Å². The van der Waals surface area contributed by atoms with Gasteiger partial charge in [-0.3, -0.25) is 0 Å². The van der Waals surface area contributed by atoms with E-state index >= 15 is 0 Å². The third-order valence-electron chi connectivity index (χ3n) is 4.95. The van der Waals surface area contributed by atoms with Gasteiger partial charge in [0.25, 0.3) is 0 Å². The van der Waals surface area contributed by atoms with Crippen LogP contribution in [-0.2, 0) is 0 Å². The average molecular weight is 253 g/mol. The van der Waals surface area contributed by atoms with Crippen LogP contribution in [0.25, 0.3) is 0 Å². The minimum absolute atomic E-state index is 0.625. The summed E-state index contributed by atoms with van der Waals surface area (Å²) in [5, 5.41) is 3.61. The highest BCUT2D eigenvalue weighted by Crippen LogP contribution is 2.49. The number of nitrogens with one attached hydrogen (secondary N) is 1. The van der Waals surface area contributed by atoms with Gasteiger partial charge in [-0.25, -0.2) is 0 Å². The molecule has 0 spiro atoms. The number of rotatable bonds is 3. The molecule has 0 radical (unpaired) electrons. The minimum atomic E-state index is 0.625. The largest absolute Gasteiger partial charge is 0.303 e. The Morgan fingerprint density at radius 2 is 2.05 bits per heavy atom. The van der Waals surface area contributed by atoms with Crippen molar-refractivity contribution >= 4 is 0 Å². The molecule has 2 saturated carbocycles. The third-order valence-corrected chi connectivity index (χ3v) is 4.95. The zero-order valence-electron chi connectivity index (χ0n) is 11.7. The summed E-state index contributed by atoms with van der Waals surface area (Å²) >= 11 is 0. The minimum Gasteiger partial charge on any atom is -0.303 e. The number of benzene rings is 1. The molecule has 1 aromatic carbocycles. The summed E-state index contributed by atoms with van der Waals surface area (Å²) in [6, 6.07) is 10.9. The Morgan fingerprint density at radius 3 is 2.74 bits per heavy atom. The van der Waals surface area contributed by atoms with E-state index in [9.17, 15) is 0 Å². The average Bonchev–Trinajstić information content (AvgIpc) is 3.07. The highest BCUT2D eigenvalue weighted by Gasteiger charge is 2.41. The lowest BCUT2D eigenvalue weighted by atomic mass is 9.84. The van der Waals surface area contributed by atoms with E-state index in [4.69, 9.17) is 0 Å². The monoisotopic (exact) mass is 253 g/mol. The fourth-order valence-electron chi connectivity index (χ4n) is 3.94. The molecule has 0 amide bonds. The number of hydrogen-bond donors (Lipinski definition) is 1. The van der Waals surface area contributed by atoms with E-state index in [1.807, 2.05) is 18.2 Å². The van der Waals surface area contributed by atoms with Crippen molar-refractivity contribution < 1.29 is 0 Å². The Bertz CT molecular complexity index is 467. The Labute approximate surface area is 116 Å². The lowest BCUT2D eigenvalue weighted by molar-refractivity contribution is 0.266. The van der Waals surface area contributed by atoms with Crippen LogP contribution in [0.2, 0.25) is 0 Å². The molecule has 0 aliphatic heterocycles. The number of fused-ring (bicyclic) bond motifs is 2. The Kier molecular flexibility index (Phi) is 3.89. The molecule has 4 unspecified atom stereocenters. The molecule has 0 heterocycles. The molecular weight excluding hydrogens is 230 g/mol. The van der Waals surface area contributed by atoms with Gasteiger partial charge < -0.3 is 5.32 Å². The van der Waals surface area contributed by atoms with Crippen LogP contribution in [0.5, 0.6) is 0 Å². The highest BCUT2D eigenvalue weighted by molar-refractivity contribution is 5.33. The van der Waals surface area contributed by atoms with Crippen molar-refractivity contribution in [3.8, 4) is 11.8 Å². The standard InChI is InChI=1S/C18H23N/c1-14(18-13-16-9-10-17(18)12-16)19-11-5-8-15-6-3-2-4-7-15/h2-4,6-7,14,16-19H,9-13H2,1H3. The van der Waals surface area contributed by atoms with Crippen LogP contribution in [-0.4, -0.2) is 12.6 Å². The first kappa shape index (κ1) is 12.8. The maximum Gasteiger partial charge on any atom is 0.0582 e. The van der Waals surface area contributed by atoms with Gasteiger partial charge >= 0.3 is 0 Å². The molecular formula is C18H23N. The molecule has 1 nitrogen and oxygen atoms in total. The zero-order valence-corrected chi connectivity index (χ0v) is 11.7. The second kappa shape index (κ2) is 5.80. The van der Waals surface area contributed by atoms with Crippen molar-refractivity contribution in [2.45, 2.75) is 38.6 Å². The topological polar surface area (TPSA) is 12.0 Å². The quantitative estimate of drug-likeness (QED) is 0.814. The molecule has 1 N–H and O–H groups in total. The van der Waals surface area contributed by atoms with Gasteiger partial charge in [-0.1, -0.05) is 36.5 Å². The van der Waals surface area contributed by atoms with Gasteiger partial charge in [0, 0.05) is 11.6 Å². The first-order valence-electron chi connectivity index (χ1n) is 7.60. The number of hydrogen-bond acceptors (Lipinski definition) is 1. The maximum absolute atomic E-state index is 3.61. The van der Waals surface area contributed by atoms with Gasteiger partial charge in [0.2, 0.25) is 0 Å². The molecule has 4 atom stereocenters. The molecule has 1 aromatic rings. The molecule has 100 valence electrons. The summed E-state index contributed by atoms with van der Waals surface area (Å²) in [6.45, 7) is 3.15. The van der Waals surface area contributed by atoms with Crippen molar-refractivity contribution in [3.63, 3.8) is 0 Å². The molecule has 1 heteroatoms. The van der Waals surface area contributed by atoms with E-state index < -0.39 is 0 Å². The Morgan fingerprint density at radius 1 is 1.21 bits per heavy atom. The van der Waals surface area contributed by atoms with E-state index in [0.717, 1.165) is 29.9 Å². The first-order chi connectivity index (χ1) is 9.33.